The Morgan fingerprint density at radius 1 is 1.04 bits per heavy atom. The first-order valence-corrected chi connectivity index (χ1v) is 8.66. The second-order valence-electron chi connectivity index (χ2n) is 6.28. The van der Waals surface area contributed by atoms with Gasteiger partial charge in [0, 0.05) is 17.7 Å². The highest BCUT2D eigenvalue weighted by Crippen LogP contribution is 2.20. The number of aromatic nitrogens is 3. The number of hydroxylamine groups is 1. The van der Waals surface area contributed by atoms with Gasteiger partial charge in [0.25, 0.3) is 5.91 Å². The summed E-state index contributed by atoms with van der Waals surface area (Å²) in [5.74, 6) is -0.555. The molecule has 2 N–H and O–H groups in total. The minimum Gasteiger partial charge on any atom is -0.288 e. The monoisotopic (exact) mass is 358 g/mol. The lowest BCUT2D eigenvalue weighted by Crippen LogP contribution is -2.18. The number of benzene rings is 3. The third-order valence-electron chi connectivity index (χ3n) is 4.55. The molecule has 1 amide bonds. The zero-order valence-corrected chi connectivity index (χ0v) is 14.5. The molecule has 0 unspecified atom stereocenters. The number of carbonyl (C=O) groups is 1. The van der Waals surface area contributed by atoms with Crippen molar-refractivity contribution >= 4 is 16.7 Å². The Morgan fingerprint density at radius 3 is 2.74 bits per heavy atom. The van der Waals surface area contributed by atoms with Gasteiger partial charge in [0.2, 0.25) is 0 Å². The molecular weight excluding hydrogens is 340 g/mol. The first-order valence-electron chi connectivity index (χ1n) is 8.66. The van der Waals surface area contributed by atoms with E-state index >= 15 is 0 Å². The highest BCUT2D eigenvalue weighted by Gasteiger charge is 2.09. The molecule has 3 aromatic carbocycles. The van der Waals surface area contributed by atoms with Gasteiger partial charge in [-0.2, -0.15) is 0 Å². The maximum atomic E-state index is 11.6. The van der Waals surface area contributed by atoms with Gasteiger partial charge in [-0.25, -0.2) is 5.48 Å². The van der Waals surface area contributed by atoms with Gasteiger partial charge >= 0.3 is 0 Å². The van der Waals surface area contributed by atoms with Crippen molar-refractivity contribution in [2.75, 3.05) is 0 Å². The van der Waals surface area contributed by atoms with Gasteiger partial charge in [-0.3, -0.25) is 14.7 Å². The number of aryl methyl sites for hydroxylation is 2. The molecule has 0 aliphatic heterocycles. The van der Waals surface area contributed by atoms with Gasteiger partial charge < -0.3 is 0 Å². The Bertz CT molecular complexity index is 1100. The van der Waals surface area contributed by atoms with Crippen molar-refractivity contribution in [1.82, 2.24) is 20.5 Å². The van der Waals surface area contributed by atoms with E-state index in [1.54, 1.807) is 28.4 Å². The molecule has 1 aromatic heterocycles. The van der Waals surface area contributed by atoms with E-state index in [9.17, 15) is 4.79 Å². The molecule has 6 nitrogen and oxygen atoms in total. The largest absolute Gasteiger partial charge is 0.288 e. The van der Waals surface area contributed by atoms with Crippen LogP contribution in [0.2, 0.25) is 0 Å². The minimum absolute atomic E-state index is 0.361. The number of nitrogens with one attached hydrogen (secondary N) is 1. The van der Waals surface area contributed by atoms with Crippen molar-refractivity contribution in [1.29, 1.82) is 0 Å². The van der Waals surface area contributed by atoms with Gasteiger partial charge in [0.05, 0.1) is 6.20 Å². The van der Waals surface area contributed by atoms with Crippen molar-refractivity contribution < 1.29 is 10.0 Å². The first-order chi connectivity index (χ1) is 13.2. The number of fused-ring (bicyclic) bond motifs is 1. The standard InChI is InChI=1S/C21H18N4O2/c26-21(23-27)18-9-4-8-17(13-18)20-14-25(24-22-20)12-11-16-7-3-6-15-5-1-2-10-19(15)16/h1-10,13-14,27H,11-12H2,(H,23,26). The van der Waals surface area contributed by atoms with E-state index in [-0.39, 0.29) is 0 Å². The van der Waals surface area contributed by atoms with Crippen LogP contribution in [0.4, 0.5) is 0 Å². The topological polar surface area (TPSA) is 80.0 Å². The lowest BCUT2D eigenvalue weighted by Gasteiger charge is -2.06. The fourth-order valence-electron chi connectivity index (χ4n) is 3.17. The molecule has 0 bridgehead atoms. The van der Waals surface area contributed by atoms with E-state index in [0.29, 0.717) is 17.8 Å². The van der Waals surface area contributed by atoms with Crippen LogP contribution < -0.4 is 5.48 Å². The Morgan fingerprint density at radius 2 is 1.85 bits per heavy atom. The molecule has 0 radical (unpaired) electrons. The van der Waals surface area contributed by atoms with Crippen LogP contribution in [0.25, 0.3) is 22.0 Å². The molecule has 0 aliphatic carbocycles. The zero-order valence-electron chi connectivity index (χ0n) is 14.5. The van der Waals surface area contributed by atoms with Crippen molar-refractivity contribution in [3.8, 4) is 11.3 Å². The van der Waals surface area contributed by atoms with Crippen LogP contribution in [0.3, 0.4) is 0 Å². The number of hydrogen-bond acceptors (Lipinski definition) is 4. The number of rotatable bonds is 5. The Balaban J connectivity index is 1.52. The molecule has 134 valence electrons. The highest BCUT2D eigenvalue weighted by molar-refractivity contribution is 5.94. The average Bonchev–Trinajstić information content (AvgIpc) is 3.21. The Kier molecular flexibility index (Phi) is 4.63. The van der Waals surface area contributed by atoms with Crippen LogP contribution in [0.1, 0.15) is 15.9 Å². The number of hydrogen-bond donors (Lipinski definition) is 2. The number of carbonyl (C=O) groups excluding carboxylic acids is 1. The fourth-order valence-corrected chi connectivity index (χ4v) is 3.17. The average molecular weight is 358 g/mol. The Hall–Kier alpha value is -3.51. The molecule has 0 saturated carbocycles. The fraction of sp³-hybridized carbons (Fsp3) is 0.0952. The van der Waals surface area contributed by atoms with Crippen LogP contribution in [0.15, 0.2) is 72.9 Å². The summed E-state index contributed by atoms with van der Waals surface area (Å²) in [6.07, 6.45) is 2.71. The SMILES string of the molecule is O=C(NO)c1cccc(-c2cn(CCc3cccc4ccccc34)nn2)c1. The molecule has 6 heteroatoms. The summed E-state index contributed by atoms with van der Waals surface area (Å²) < 4.78 is 1.80. The van der Waals surface area contributed by atoms with Crippen LogP contribution in [-0.4, -0.2) is 26.1 Å². The summed E-state index contributed by atoms with van der Waals surface area (Å²) in [5, 5.41) is 19.7. The molecule has 1 heterocycles. The van der Waals surface area contributed by atoms with Crippen molar-refractivity contribution in [3.63, 3.8) is 0 Å². The molecule has 0 fully saturated rings. The summed E-state index contributed by atoms with van der Waals surface area (Å²) in [7, 11) is 0. The van der Waals surface area contributed by atoms with E-state index in [1.165, 1.54) is 16.3 Å². The molecule has 0 spiro atoms. The molecule has 0 aliphatic rings. The molecule has 4 rings (SSSR count). The van der Waals surface area contributed by atoms with Crippen LogP contribution in [0, 0.1) is 0 Å². The smallest absolute Gasteiger partial charge is 0.274 e. The third-order valence-corrected chi connectivity index (χ3v) is 4.55. The lowest BCUT2D eigenvalue weighted by molar-refractivity contribution is 0.0706. The summed E-state index contributed by atoms with van der Waals surface area (Å²) in [5.41, 5.74) is 4.72. The first kappa shape index (κ1) is 16.9. The highest BCUT2D eigenvalue weighted by atomic mass is 16.5. The van der Waals surface area contributed by atoms with Crippen molar-refractivity contribution in [3.05, 3.63) is 84.1 Å². The van der Waals surface area contributed by atoms with Crippen LogP contribution in [0.5, 0.6) is 0 Å². The molecule has 0 atom stereocenters. The van der Waals surface area contributed by atoms with Gasteiger partial charge in [0.1, 0.15) is 5.69 Å². The van der Waals surface area contributed by atoms with Crippen LogP contribution >= 0.6 is 0 Å². The van der Waals surface area contributed by atoms with E-state index in [1.807, 2.05) is 18.3 Å². The minimum atomic E-state index is -0.555. The van der Waals surface area contributed by atoms with Gasteiger partial charge in [0.15, 0.2) is 0 Å². The molecule has 0 saturated heterocycles. The summed E-state index contributed by atoms with van der Waals surface area (Å²) in [4.78, 5) is 11.6. The van der Waals surface area contributed by atoms with Crippen LogP contribution in [-0.2, 0) is 13.0 Å². The maximum Gasteiger partial charge on any atom is 0.274 e. The number of nitrogens with zero attached hydrogens (tertiary/aromatic N) is 3. The predicted molar refractivity (Wildman–Crippen MR) is 102 cm³/mol. The third kappa shape index (κ3) is 3.56. The second kappa shape index (κ2) is 7.39. The summed E-state index contributed by atoms with van der Waals surface area (Å²) >= 11 is 0. The molecular formula is C21H18N4O2. The molecule has 27 heavy (non-hydrogen) atoms. The van der Waals surface area contributed by atoms with Gasteiger partial charge in [-0.1, -0.05) is 59.8 Å². The maximum absolute atomic E-state index is 11.6. The summed E-state index contributed by atoms with van der Waals surface area (Å²) in [6, 6.07) is 21.6. The predicted octanol–water partition coefficient (Wildman–Crippen LogP) is 3.46. The van der Waals surface area contributed by atoms with E-state index < -0.39 is 5.91 Å². The molecule has 4 aromatic rings. The van der Waals surface area contributed by atoms with E-state index in [0.717, 1.165) is 12.0 Å². The zero-order chi connectivity index (χ0) is 18.6. The summed E-state index contributed by atoms with van der Waals surface area (Å²) in [6.45, 7) is 0.706. The normalized spacial score (nSPS) is 10.9. The van der Waals surface area contributed by atoms with Gasteiger partial charge in [-0.15, -0.1) is 5.10 Å². The Labute approximate surface area is 156 Å². The van der Waals surface area contributed by atoms with Crippen molar-refractivity contribution in [2.24, 2.45) is 0 Å². The van der Waals surface area contributed by atoms with E-state index in [2.05, 4.69) is 46.7 Å². The van der Waals surface area contributed by atoms with E-state index in [4.69, 9.17) is 5.21 Å². The second-order valence-corrected chi connectivity index (χ2v) is 6.28. The quantitative estimate of drug-likeness (QED) is 0.423. The van der Waals surface area contributed by atoms with Crippen molar-refractivity contribution in [2.45, 2.75) is 13.0 Å². The number of amides is 1. The van der Waals surface area contributed by atoms with Gasteiger partial charge in [-0.05, 0) is 34.9 Å². The lowest BCUT2D eigenvalue weighted by atomic mass is 10.0.